The number of carbonyl (C=O) groups is 1. The summed E-state index contributed by atoms with van der Waals surface area (Å²) < 4.78 is 8.04. The molecule has 0 bridgehead atoms. The number of nitrogens with one attached hydrogen (secondary N) is 1. The molecular formula is C25H25N3O2S. The van der Waals surface area contributed by atoms with Gasteiger partial charge in [-0.15, -0.1) is 11.3 Å². The zero-order chi connectivity index (χ0) is 21.7. The Bertz CT molecular complexity index is 1130. The molecule has 4 rings (SSSR count). The smallest absolute Gasteiger partial charge is 0.274 e. The van der Waals surface area contributed by atoms with Gasteiger partial charge in [-0.2, -0.15) is 0 Å². The van der Waals surface area contributed by atoms with Gasteiger partial charge in [0.2, 0.25) is 0 Å². The predicted molar refractivity (Wildman–Crippen MR) is 124 cm³/mol. The second-order valence-corrected chi connectivity index (χ2v) is 8.64. The van der Waals surface area contributed by atoms with E-state index < -0.39 is 5.60 Å². The standard InChI is InChI=1S/C25H25N3O2S/c1-25(2,30-17-20-12-7-4-8-13-20)22-18-31-24(26-22)27-23(29)21-14-9-15-28(21)16-19-10-5-3-6-11-19/h3-15,18H,16-17H2,1-2H3,(H,26,27,29). The van der Waals surface area contributed by atoms with Crippen molar-refractivity contribution in [3.05, 3.63) is 107 Å². The average molecular weight is 432 g/mol. The molecule has 4 aromatic rings. The third kappa shape index (κ3) is 5.29. The van der Waals surface area contributed by atoms with Crippen molar-refractivity contribution in [1.29, 1.82) is 0 Å². The Morgan fingerprint density at radius 1 is 1.00 bits per heavy atom. The zero-order valence-corrected chi connectivity index (χ0v) is 18.4. The summed E-state index contributed by atoms with van der Waals surface area (Å²) in [5.74, 6) is -0.176. The van der Waals surface area contributed by atoms with E-state index >= 15 is 0 Å². The van der Waals surface area contributed by atoms with Crippen LogP contribution in [0.15, 0.2) is 84.4 Å². The summed E-state index contributed by atoms with van der Waals surface area (Å²) in [6.45, 7) is 5.11. The molecule has 0 spiro atoms. The van der Waals surface area contributed by atoms with Gasteiger partial charge in [0.25, 0.3) is 5.91 Å². The summed E-state index contributed by atoms with van der Waals surface area (Å²) in [7, 11) is 0. The first kappa shape index (κ1) is 21.0. The van der Waals surface area contributed by atoms with Gasteiger partial charge < -0.3 is 9.30 Å². The van der Waals surface area contributed by atoms with E-state index in [1.165, 1.54) is 11.3 Å². The normalized spacial score (nSPS) is 11.4. The Kier molecular flexibility index (Phi) is 6.30. The van der Waals surface area contributed by atoms with Crippen molar-refractivity contribution in [2.45, 2.75) is 32.6 Å². The average Bonchev–Trinajstić information content (AvgIpc) is 3.44. The molecule has 2 aromatic heterocycles. The van der Waals surface area contributed by atoms with E-state index in [2.05, 4.69) is 10.3 Å². The van der Waals surface area contributed by atoms with Gasteiger partial charge in [0.05, 0.1) is 12.3 Å². The SMILES string of the molecule is CC(C)(OCc1ccccc1)c1csc(NC(=O)c2cccn2Cc2ccccc2)n1. The van der Waals surface area contributed by atoms with Gasteiger partial charge in [0.1, 0.15) is 11.3 Å². The second-order valence-electron chi connectivity index (χ2n) is 7.78. The summed E-state index contributed by atoms with van der Waals surface area (Å²) >= 11 is 1.40. The number of benzene rings is 2. The van der Waals surface area contributed by atoms with Crippen molar-refractivity contribution in [2.24, 2.45) is 0 Å². The van der Waals surface area contributed by atoms with Crippen LogP contribution in [0, 0.1) is 0 Å². The van der Waals surface area contributed by atoms with Crippen molar-refractivity contribution in [2.75, 3.05) is 5.32 Å². The number of nitrogens with zero attached hydrogens (tertiary/aromatic N) is 2. The van der Waals surface area contributed by atoms with Crippen LogP contribution in [0.4, 0.5) is 5.13 Å². The van der Waals surface area contributed by atoms with Crippen molar-refractivity contribution in [3.8, 4) is 0 Å². The molecule has 2 aromatic carbocycles. The van der Waals surface area contributed by atoms with Crippen LogP contribution in [0.1, 0.15) is 41.2 Å². The molecule has 31 heavy (non-hydrogen) atoms. The van der Waals surface area contributed by atoms with Crippen LogP contribution < -0.4 is 5.32 Å². The van der Waals surface area contributed by atoms with Crippen molar-refractivity contribution in [1.82, 2.24) is 9.55 Å². The van der Waals surface area contributed by atoms with Crippen molar-refractivity contribution in [3.63, 3.8) is 0 Å². The molecule has 6 heteroatoms. The van der Waals surface area contributed by atoms with E-state index in [0.717, 1.165) is 16.8 Å². The van der Waals surface area contributed by atoms with Crippen LogP contribution >= 0.6 is 11.3 Å². The van der Waals surface area contributed by atoms with Gasteiger partial charge in [-0.3, -0.25) is 10.1 Å². The fourth-order valence-corrected chi connectivity index (χ4v) is 4.08. The van der Waals surface area contributed by atoms with Crippen LogP contribution in [0.3, 0.4) is 0 Å². The van der Waals surface area contributed by atoms with Gasteiger partial charge in [0, 0.05) is 18.1 Å². The van der Waals surface area contributed by atoms with E-state index in [1.54, 1.807) is 0 Å². The molecule has 0 aliphatic carbocycles. The number of rotatable bonds is 8. The number of anilines is 1. The lowest BCUT2D eigenvalue weighted by atomic mass is 10.1. The summed E-state index contributed by atoms with van der Waals surface area (Å²) in [6.07, 6.45) is 1.91. The maximum Gasteiger partial charge on any atom is 0.274 e. The van der Waals surface area contributed by atoms with Crippen molar-refractivity contribution < 1.29 is 9.53 Å². The number of aromatic nitrogens is 2. The Hall–Kier alpha value is -3.22. The Balaban J connectivity index is 1.41. The molecule has 0 aliphatic heterocycles. The van der Waals surface area contributed by atoms with E-state index in [9.17, 15) is 4.79 Å². The molecule has 0 radical (unpaired) electrons. The van der Waals surface area contributed by atoms with Gasteiger partial charge in [-0.05, 0) is 37.1 Å². The quantitative estimate of drug-likeness (QED) is 0.389. The lowest BCUT2D eigenvalue weighted by molar-refractivity contribution is -0.0362. The number of hydrogen-bond donors (Lipinski definition) is 1. The molecule has 1 amide bonds. The minimum atomic E-state index is -0.567. The Morgan fingerprint density at radius 3 is 2.39 bits per heavy atom. The van der Waals surface area contributed by atoms with Gasteiger partial charge in [0.15, 0.2) is 5.13 Å². The summed E-state index contributed by atoms with van der Waals surface area (Å²) in [4.78, 5) is 17.5. The van der Waals surface area contributed by atoms with E-state index in [1.807, 2.05) is 103 Å². The molecular weight excluding hydrogens is 406 g/mol. The highest BCUT2D eigenvalue weighted by molar-refractivity contribution is 7.14. The third-order valence-electron chi connectivity index (χ3n) is 5.04. The maximum absolute atomic E-state index is 12.9. The Labute approximate surface area is 186 Å². The highest BCUT2D eigenvalue weighted by Crippen LogP contribution is 2.29. The minimum Gasteiger partial charge on any atom is -0.365 e. The van der Waals surface area contributed by atoms with Gasteiger partial charge in [-0.25, -0.2) is 4.98 Å². The third-order valence-corrected chi connectivity index (χ3v) is 5.80. The van der Waals surface area contributed by atoms with Crippen molar-refractivity contribution >= 4 is 22.4 Å². The molecule has 0 aliphatic rings. The summed E-state index contributed by atoms with van der Waals surface area (Å²) in [5.41, 5.74) is 3.08. The molecule has 2 heterocycles. The molecule has 0 saturated carbocycles. The van der Waals surface area contributed by atoms with Crippen LogP contribution in [-0.4, -0.2) is 15.5 Å². The predicted octanol–water partition coefficient (Wildman–Crippen LogP) is 5.70. The largest absolute Gasteiger partial charge is 0.365 e. The van der Waals surface area contributed by atoms with Crippen LogP contribution in [0.2, 0.25) is 0 Å². The lowest BCUT2D eigenvalue weighted by Crippen LogP contribution is -2.22. The molecule has 158 valence electrons. The molecule has 1 N–H and O–H groups in total. The highest BCUT2D eigenvalue weighted by atomic mass is 32.1. The zero-order valence-electron chi connectivity index (χ0n) is 17.6. The van der Waals surface area contributed by atoms with E-state index in [0.29, 0.717) is 24.0 Å². The molecule has 0 saturated heterocycles. The van der Waals surface area contributed by atoms with Crippen LogP contribution in [0.5, 0.6) is 0 Å². The summed E-state index contributed by atoms with van der Waals surface area (Å²) in [5, 5.41) is 5.42. The minimum absolute atomic E-state index is 0.176. The fraction of sp³-hybridized carbons (Fsp3) is 0.200. The topological polar surface area (TPSA) is 56.1 Å². The number of carbonyl (C=O) groups excluding carboxylic acids is 1. The van der Waals surface area contributed by atoms with Gasteiger partial charge >= 0.3 is 0 Å². The molecule has 0 unspecified atom stereocenters. The first-order valence-corrected chi connectivity index (χ1v) is 11.0. The second kappa shape index (κ2) is 9.29. The first-order valence-electron chi connectivity index (χ1n) is 10.2. The summed E-state index contributed by atoms with van der Waals surface area (Å²) in [6, 6.07) is 23.8. The highest BCUT2D eigenvalue weighted by Gasteiger charge is 2.25. The van der Waals surface area contributed by atoms with Gasteiger partial charge in [-0.1, -0.05) is 60.7 Å². The maximum atomic E-state index is 12.9. The number of hydrogen-bond acceptors (Lipinski definition) is 4. The van der Waals surface area contributed by atoms with E-state index in [4.69, 9.17) is 4.74 Å². The first-order chi connectivity index (χ1) is 15.0. The lowest BCUT2D eigenvalue weighted by Gasteiger charge is -2.23. The monoisotopic (exact) mass is 431 g/mol. The van der Waals surface area contributed by atoms with Crippen LogP contribution in [0.25, 0.3) is 0 Å². The Morgan fingerprint density at radius 2 is 1.68 bits per heavy atom. The number of ether oxygens (including phenoxy) is 1. The number of thiazole rings is 1. The fourth-order valence-electron chi connectivity index (χ4n) is 3.22. The van der Waals surface area contributed by atoms with E-state index in [-0.39, 0.29) is 5.91 Å². The molecule has 0 atom stereocenters. The molecule has 5 nitrogen and oxygen atoms in total. The van der Waals surface area contributed by atoms with Crippen LogP contribution in [-0.2, 0) is 23.5 Å². The molecule has 0 fully saturated rings. The number of amides is 1.